The summed E-state index contributed by atoms with van der Waals surface area (Å²) in [6, 6.07) is 4.34. The number of hydrogen-bond acceptors (Lipinski definition) is 5. The van der Waals surface area contributed by atoms with Gasteiger partial charge in [0.2, 0.25) is 15.9 Å². The number of allylic oxidation sites excluding steroid dienone is 1. The van der Waals surface area contributed by atoms with E-state index in [0.717, 1.165) is 37.1 Å². The number of carbonyl (C=O) groups is 1. The van der Waals surface area contributed by atoms with Crippen molar-refractivity contribution in [3.05, 3.63) is 36.1 Å². The second-order valence-electron chi connectivity index (χ2n) is 7.23. The van der Waals surface area contributed by atoms with Gasteiger partial charge in [-0.05, 0) is 49.9 Å². The van der Waals surface area contributed by atoms with E-state index < -0.39 is 22.1 Å². The number of methoxy groups -OCH3 is 1. The highest BCUT2D eigenvalue weighted by Gasteiger charge is 2.33. The largest absolute Gasteiger partial charge is 0.573 e. The highest BCUT2D eigenvalue weighted by Crippen LogP contribution is 2.30. The monoisotopic (exact) mass is 448 g/mol. The predicted molar refractivity (Wildman–Crippen MR) is 101 cm³/mol. The third-order valence-corrected chi connectivity index (χ3v) is 6.90. The first kappa shape index (κ1) is 22.4. The summed E-state index contributed by atoms with van der Waals surface area (Å²) in [4.78, 5) is 11.9. The van der Waals surface area contributed by atoms with Crippen molar-refractivity contribution in [2.45, 2.75) is 43.0 Å². The van der Waals surface area contributed by atoms with E-state index in [2.05, 4.69) is 10.1 Å². The van der Waals surface area contributed by atoms with Crippen LogP contribution in [0.5, 0.6) is 5.75 Å². The minimum atomic E-state index is -4.84. The van der Waals surface area contributed by atoms with E-state index in [1.54, 1.807) is 0 Å². The number of piperidine rings is 1. The summed E-state index contributed by atoms with van der Waals surface area (Å²) in [5, 5.41) is 2.85. The van der Waals surface area contributed by atoms with E-state index in [0.29, 0.717) is 18.6 Å². The molecule has 7 nitrogen and oxygen atoms in total. The Labute approximate surface area is 172 Å². The fourth-order valence-electron chi connectivity index (χ4n) is 3.29. The summed E-state index contributed by atoms with van der Waals surface area (Å²) in [5.41, 5.74) is 0. The normalized spacial score (nSPS) is 19.4. The van der Waals surface area contributed by atoms with Crippen LogP contribution in [0.15, 0.2) is 41.0 Å². The molecule has 1 aromatic rings. The van der Waals surface area contributed by atoms with Crippen LogP contribution < -0.4 is 10.1 Å². The second-order valence-corrected chi connectivity index (χ2v) is 9.17. The van der Waals surface area contributed by atoms with Crippen LogP contribution in [0, 0.1) is 5.92 Å². The average molecular weight is 448 g/mol. The Hall–Kier alpha value is -2.27. The van der Waals surface area contributed by atoms with Gasteiger partial charge in [0.05, 0.1) is 12.0 Å². The summed E-state index contributed by atoms with van der Waals surface area (Å²) in [5.74, 6) is -0.280. The van der Waals surface area contributed by atoms with Crippen LogP contribution >= 0.6 is 0 Å². The van der Waals surface area contributed by atoms with Gasteiger partial charge in [-0.15, -0.1) is 13.2 Å². The molecule has 1 saturated heterocycles. The third kappa shape index (κ3) is 5.88. The number of benzene rings is 1. The molecule has 0 unspecified atom stereocenters. The molecule has 1 aliphatic heterocycles. The molecule has 1 aliphatic carbocycles. The van der Waals surface area contributed by atoms with E-state index >= 15 is 0 Å². The Morgan fingerprint density at radius 2 is 1.73 bits per heavy atom. The quantitative estimate of drug-likeness (QED) is 0.512. The molecule has 0 aromatic heterocycles. The standard InChI is InChI=1S/C19H23F3N2O5S/c1-28-17(12-18(25)23-14-2-3-14)13-8-10-24(11-9-13)30(26,27)16-6-4-15(5-7-16)29-19(20,21)22/h4-7,12-14H,2-3,8-11H2,1H3,(H,23,25)/b17-12+. The molecule has 166 valence electrons. The molecular weight excluding hydrogens is 425 g/mol. The lowest BCUT2D eigenvalue weighted by molar-refractivity contribution is -0.274. The topological polar surface area (TPSA) is 84.9 Å². The highest BCUT2D eigenvalue weighted by atomic mass is 32.2. The molecule has 0 spiro atoms. The van der Waals surface area contributed by atoms with Crippen LogP contribution in [0.25, 0.3) is 0 Å². The number of hydrogen-bond donors (Lipinski definition) is 1. The van der Waals surface area contributed by atoms with Gasteiger partial charge in [0.1, 0.15) is 11.5 Å². The number of amides is 1. The molecule has 30 heavy (non-hydrogen) atoms. The summed E-state index contributed by atoms with van der Waals surface area (Å²) < 4.78 is 72.7. The number of ether oxygens (including phenoxy) is 2. The lowest BCUT2D eigenvalue weighted by atomic mass is 9.95. The molecular formula is C19H23F3N2O5S. The number of sulfonamides is 1. The smallest absolute Gasteiger partial charge is 0.501 e. The van der Waals surface area contributed by atoms with Gasteiger partial charge in [0, 0.05) is 31.1 Å². The summed E-state index contributed by atoms with van der Waals surface area (Å²) in [7, 11) is -2.38. The number of carbonyl (C=O) groups excluding carboxylic acids is 1. The summed E-state index contributed by atoms with van der Waals surface area (Å²) in [6.45, 7) is 0.414. The molecule has 1 heterocycles. The van der Waals surface area contributed by atoms with Gasteiger partial charge in [0.25, 0.3) is 0 Å². The second kappa shape index (κ2) is 8.84. The number of nitrogens with one attached hydrogen (secondary N) is 1. The van der Waals surface area contributed by atoms with Crippen LogP contribution in [0.3, 0.4) is 0 Å². The lowest BCUT2D eigenvalue weighted by Gasteiger charge is -2.31. The van der Waals surface area contributed by atoms with Crippen LogP contribution in [0.1, 0.15) is 25.7 Å². The SMILES string of the molecule is CO/C(=C/C(=O)NC1CC1)C1CCN(S(=O)(=O)c2ccc(OC(F)(F)F)cc2)CC1. The fourth-order valence-corrected chi connectivity index (χ4v) is 4.76. The number of rotatable bonds is 7. The van der Waals surface area contributed by atoms with E-state index in [-0.39, 0.29) is 35.9 Å². The van der Waals surface area contributed by atoms with Gasteiger partial charge >= 0.3 is 6.36 Å². The van der Waals surface area contributed by atoms with Gasteiger partial charge in [-0.25, -0.2) is 8.42 Å². The van der Waals surface area contributed by atoms with Crippen molar-refractivity contribution in [2.75, 3.05) is 20.2 Å². The Morgan fingerprint density at radius 1 is 1.13 bits per heavy atom. The first-order valence-corrected chi connectivity index (χ1v) is 10.9. The van der Waals surface area contributed by atoms with Gasteiger partial charge < -0.3 is 14.8 Å². The van der Waals surface area contributed by atoms with Crippen molar-refractivity contribution in [1.29, 1.82) is 0 Å². The molecule has 1 saturated carbocycles. The molecule has 0 atom stereocenters. The number of halogens is 3. The maximum atomic E-state index is 12.8. The minimum absolute atomic E-state index is 0.0889. The van der Waals surface area contributed by atoms with Gasteiger partial charge in [-0.3, -0.25) is 4.79 Å². The molecule has 11 heteroatoms. The maximum absolute atomic E-state index is 12.8. The van der Waals surface area contributed by atoms with E-state index in [1.807, 2.05) is 0 Å². The van der Waals surface area contributed by atoms with E-state index in [4.69, 9.17) is 4.74 Å². The van der Waals surface area contributed by atoms with Gasteiger partial charge in [-0.2, -0.15) is 4.31 Å². The summed E-state index contributed by atoms with van der Waals surface area (Å²) >= 11 is 0. The van der Waals surface area contributed by atoms with Crippen LogP contribution in [0.4, 0.5) is 13.2 Å². The van der Waals surface area contributed by atoms with Crippen molar-refractivity contribution >= 4 is 15.9 Å². The molecule has 1 N–H and O–H groups in total. The van der Waals surface area contributed by atoms with E-state index in [9.17, 15) is 26.4 Å². The molecule has 1 aromatic carbocycles. The minimum Gasteiger partial charge on any atom is -0.501 e. The van der Waals surface area contributed by atoms with Crippen molar-refractivity contribution < 1.29 is 35.9 Å². The van der Waals surface area contributed by atoms with Crippen LogP contribution in [-0.4, -0.2) is 51.2 Å². The molecule has 2 aliphatic rings. The molecule has 2 fully saturated rings. The third-order valence-electron chi connectivity index (χ3n) is 4.98. The van der Waals surface area contributed by atoms with Crippen molar-refractivity contribution in [1.82, 2.24) is 9.62 Å². The van der Waals surface area contributed by atoms with Crippen molar-refractivity contribution in [3.63, 3.8) is 0 Å². The zero-order valence-electron chi connectivity index (χ0n) is 16.3. The van der Waals surface area contributed by atoms with Gasteiger partial charge in [0.15, 0.2) is 0 Å². The Morgan fingerprint density at radius 3 is 2.23 bits per heavy atom. The molecule has 0 bridgehead atoms. The average Bonchev–Trinajstić information content (AvgIpc) is 3.49. The Balaban J connectivity index is 1.61. The lowest BCUT2D eigenvalue weighted by Crippen LogP contribution is -2.39. The highest BCUT2D eigenvalue weighted by molar-refractivity contribution is 7.89. The number of nitrogens with zero attached hydrogens (tertiary/aromatic N) is 1. The van der Waals surface area contributed by atoms with E-state index in [1.165, 1.54) is 17.5 Å². The summed E-state index contributed by atoms with van der Waals surface area (Å²) in [6.07, 6.45) is -0.546. The van der Waals surface area contributed by atoms with Gasteiger partial charge in [-0.1, -0.05) is 0 Å². The van der Waals surface area contributed by atoms with Crippen LogP contribution in [0.2, 0.25) is 0 Å². The zero-order chi connectivity index (χ0) is 21.9. The molecule has 3 rings (SSSR count). The van der Waals surface area contributed by atoms with Crippen molar-refractivity contribution in [3.8, 4) is 5.75 Å². The molecule has 1 amide bonds. The first-order chi connectivity index (χ1) is 14.1. The Kier molecular flexibility index (Phi) is 6.61. The Bertz CT molecular complexity index is 888. The fraction of sp³-hybridized carbons (Fsp3) is 0.526. The predicted octanol–water partition coefficient (Wildman–Crippen LogP) is 2.79. The maximum Gasteiger partial charge on any atom is 0.573 e. The number of alkyl halides is 3. The van der Waals surface area contributed by atoms with Crippen LogP contribution in [-0.2, 0) is 19.6 Å². The zero-order valence-corrected chi connectivity index (χ0v) is 17.1. The molecule has 0 radical (unpaired) electrons. The van der Waals surface area contributed by atoms with Crippen molar-refractivity contribution in [2.24, 2.45) is 5.92 Å². The first-order valence-electron chi connectivity index (χ1n) is 9.50.